The zero-order valence-corrected chi connectivity index (χ0v) is 14.6. The molecule has 4 nitrogen and oxygen atoms in total. The molecule has 0 heterocycles. The smallest absolute Gasteiger partial charge is 0.266 e. The Hall–Kier alpha value is -2.32. The molecule has 0 bridgehead atoms. The van der Waals surface area contributed by atoms with Crippen molar-refractivity contribution in [1.82, 2.24) is 10.2 Å². The minimum Gasteiger partial charge on any atom is -0.389 e. The number of amides is 1. The van der Waals surface area contributed by atoms with Crippen LogP contribution in [-0.4, -0.2) is 30.4 Å². The van der Waals surface area contributed by atoms with Gasteiger partial charge in [0.15, 0.2) is 0 Å². The van der Waals surface area contributed by atoms with Gasteiger partial charge >= 0.3 is 0 Å². The molecule has 1 N–H and O–H groups in total. The molecule has 1 aromatic rings. The van der Waals surface area contributed by atoms with Crippen molar-refractivity contribution in [2.45, 2.75) is 6.42 Å². The van der Waals surface area contributed by atoms with Crippen LogP contribution < -0.4 is 5.32 Å². The third-order valence-electron chi connectivity index (χ3n) is 3.05. The van der Waals surface area contributed by atoms with E-state index in [1.165, 1.54) is 16.7 Å². The molecule has 0 aromatic heterocycles. The maximum Gasteiger partial charge on any atom is 0.266 e. The molecule has 0 aliphatic heterocycles. The molecule has 0 spiro atoms. The first-order chi connectivity index (χ1) is 11.1. The van der Waals surface area contributed by atoms with Gasteiger partial charge in [-0.3, -0.25) is 4.79 Å². The van der Waals surface area contributed by atoms with Gasteiger partial charge in [0, 0.05) is 30.3 Å². The van der Waals surface area contributed by atoms with Gasteiger partial charge in [-0.2, -0.15) is 5.26 Å². The number of carbonyl (C=O) groups is 1. The number of hydrogen-bond donors (Lipinski definition) is 1. The summed E-state index contributed by atoms with van der Waals surface area (Å²) in [5.41, 5.74) is 1.25. The van der Waals surface area contributed by atoms with Crippen LogP contribution in [0.2, 0.25) is 0 Å². The summed E-state index contributed by atoms with van der Waals surface area (Å²) in [7, 11) is 0. The Bertz CT molecular complexity index is 604. The molecule has 23 heavy (non-hydrogen) atoms. The van der Waals surface area contributed by atoms with Crippen molar-refractivity contribution in [3.05, 3.63) is 71.4 Å². The molecule has 0 unspecified atom stereocenters. The van der Waals surface area contributed by atoms with Crippen LogP contribution in [-0.2, 0) is 11.2 Å². The normalized spacial score (nSPS) is 10.5. The van der Waals surface area contributed by atoms with Gasteiger partial charge in [0.05, 0.1) is 0 Å². The molecular formula is C18H20BrN3O. The summed E-state index contributed by atoms with van der Waals surface area (Å²) < 4.78 is 1.04. The minimum atomic E-state index is -0.330. The van der Waals surface area contributed by atoms with E-state index in [2.05, 4.69) is 34.4 Å². The summed E-state index contributed by atoms with van der Waals surface area (Å²) >= 11 is 3.39. The standard InChI is InChI=1S/C18H20BrN3O/c1-3-11-22(12-4-2)18(23)16(13-20)14-21-10-9-15-5-7-17(19)8-6-15/h3-8,14,21H,1-2,9-12H2/b16-14-. The van der Waals surface area contributed by atoms with Crippen molar-refractivity contribution in [3.8, 4) is 6.07 Å². The Morgan fingerprint density at radius 3 is 2.39 bits per heavy atom. The fourth-order valence-electron chi connectivity index (χ4n) is 1.91. The van der Waals surface area contributed by atoms with Gasteiger partial charge in [-0.1, -0.05) is 40.2 Å². The van der Waals surface area contributed by atoms with Gasteiger partial charge in [-0.25, -0.2) is 0 Å². The highest BCUT2D eigenvalue weighted by atomic mass is 79.9. The topological polar surface area (TPSA) is 56.1 Å². The summed E-state index contributed by atoms with van der Waals surface area (Å²) in [6.45, 7) is 8.63. The number of nitrogens with one attached hydrogen (secondary N) is 1. The predicted octanol–water partition coefficient (Wildman–Crippen LogP) is 3.19. The van der Waals surface area contributed by atoms with E-state index in [1.54, 1.807) is 12.2 Å². The number of nitrogens with zero attached hydrogens (tertiary/aromatic N) is 2. The molecule has 5 heteroatoms. The Kier molecular flexibility index (Phi) is 8.48. The summed E-state index contributed by atoms with van der Waals surface area (Å²) in [6.07, 6.45) is 5.52. The first-order valence-corrected chi connectivity index (χ1v) is 8.00. The van der Waals surface area contributed by atoms with Crippen LogP contribution in [0.4, 0.5) is 0 Å². The lowest BCUT2D eigenvalue weighted by Crippen LogP contribution is -2.32. The number of hydrogen-bond acceptors (Lipinski definition) is 3. The lowest BCUT2D eigenvalue weighted by atomic mass is 10.1. The van der Waals surface area contributed by atoms with Crippen LogP contribution in [0.1, 0.15) is 5.56 Å². The molecule has 1 aromatic carbocycles. The highest BCUT2D eigenvalue weighted by molar-refractivity contribution is 9.10. The van der Waals surface area contributed by atoms with Crippen LogP contribution in [0, 0.1) is 11.3 Å². The summed E-state index contributed by atoms with van der Waals surface area (Å²) in [6, 6.07) is 9.96. The molecule has 0 saturated carbocycles. The highest BCUT2D eigenvalue weighted by Crippen LogP contribution is 2.10. The van der Waals surface area contributed by atoms with Crippen molar-refractivity contribution in [2.75, 3.05) is 19.6 Å². The molecule has 1 rings (SSSR count). The maximum atomic E-state index is 12.3. The average Bonchev–Trinajstić information content (AvgIpc) is 2.56. The summed E-state index contributed by atoms with van der Waals surface area (Å²) in [4.78, 5) is 13.8. The predicted molar refractivity (Wildman–Crippen MR) is 96.5 cm³/mol. The third-order valence-corrected chi connectivity index (χ3v) is 3.58. The van der Waals surface area contributed by atoms with Crippen LogP contribution in [0.5, 0.6) is 0 Å². The second-order valence-corrected chi connectivity index (χ2v) is 5.70. The third kappa shape index (κ3) is 6.54. The molecular weight excluding hydrogens is 354 g/mol. The molecule has 0 fully saturated rings. The zero-order valence-electron chi connectivity index (χ0n) is 13.0. The van der Waals surface area contributed by atoms with Gasteiger partial charge in [-0.15, -0.1) is 13.2 Å². The van der Waals surface area contributed by atoms with E-state index in [9.17, 15) is 4.79 Å². The highest BCUT2D eigenvalue weighted by Gasteiger charge is 2.15. The number of carbonyl (C=O) groups excluding carboxylic acids is 1. The second kappa shape index (κ2) is 10.4. The molecule has 0 radical (unpaired) electrons. The fourth-order valence-corrected chi connectivity index (χ4v) is 2.17. The Labute approximate surface area is 145 Å². The summed E-state index contributed by atoms with van der Waals surface area (Å²) in [5.74, 6) is -0.330. The van der Waals surface area contributed by atoms with Crippen molar-refractivity contribution < 1.29 is 4.79 Å². The van der Waals surface area contributed by atoms with Gasteiger partial charge in [0.1, 0.15) is 11.6 Å². The van der Waals surface area contributed by atoms with E-state index in [0.29, 0.717) is 19.6 Å². The lowest BCUT2D eigenvalue weighted by molar-refractivity contribution is -0.125. The summed E-state index contributed by atoms with van der Waals surface area (Å²) in [5, 5.41) is 12.2. The number of benzene rings is 1. The molecule has 0 aliphatic carbocycles. The molecule has 0 atom stereocenters. The van der Waals surface area contributed by atoms with Crippen LogP contribution in [0.15, 0.2) is 65.8 Å². The second-order valence-electron chi connectivity index (χ2n) is 4.79. The zero-order chi connectivity index (χ0) is 17.1. The first-order valence-electron chi connectivity index (χ1n) is 7.21. The Morgan fingerprint density at radius 1 is 1.26 bits per heavy atom. The number of halogens is 1. The van der Waals surface area contributed by atoms with Crippen molar-refractivity contribution >= 4 is 21.8 Å². The van der Waals surface area contributed by atoms with E-state index in [1.807, 2.05) is 30.3 Å². The number of rotatable bonds is 9. The van der Waals surface area contributed by atoms with Crippen LogP contribution in [0.25, 0.3) is 0 Å². The number of nitriles is 1. The van der Waals surface area contributed by atoms with Crippen LogP contribution in [0.3, 0.4) is 0 Å². The van der Waals surface area contributed by atoms with Crippen molar-refractivity contribution in [1.29, 1.82) is 5.26 Å². The Balaban J connectivity index is 2.58. The Morgan fingerprint density at radius 2 is 1.87 bits per heavy atom. The average molecular weight is 374 g/mol. The van der Waals surface area contributed by atoms with Gasteiger partial charge < -0.3 is 10.2 Å². The SMILES string of the molecule is C=CCN(CC=C)C(=O)/C(C#N)=C\NCCc1ccc(Br)cc1. The van der Waals surface area contributed by atoms with E-state index >= 15 is 0 Å². The van der Waals surface area contributed by atoms with E-state index < -0.39 is 0 Å². The maximum absolute atomic E-state index is 12.3. The van der Waals surface area contributed by atoms with Gasteiger partial charge in [-0.05, 0) is 24.1 Å². The van der Waals surface area contributed by atoms with E-state index in [4.69, 9.17) is 5.26 Å². The minimum absolute atomic E-state index is 0.0736. The first kappa shape index (κ1) is 18.7. The monoisotopic (exact) mass is 373 g/mol. The van der Waals surface area contributed by atoms with E-state index in [-0.39, 0.29) is 11.5 Å². The quantitative estimate of drug-likeness (QED) is 0.313. The molecule has 1 amide bonds. The van der Waals surface area contributed by atoms with E-state index in [0.717, 1.165) is 10.9 Å². The van der Waals surface area contributed by atoms with Crippen molar-refractivity contribution in [3.63, 3.8) is 0 Å². The van der Waals surface area contributed by atoms with Gasteiger partial charge in [0.2, 0.25) is 0 Å². The van der Waals surface area contributed by atoms with Crippen molar-refractivity contribution in [2.24, 2.45) is 0 Å². The largest absolute Gasteiger partial charge is 0.389 e. The van der Waals surface area contributed by atoms with Crippen LogP contribution >= 0.6 is 15.9 Å². The lowest BCUT2D eigenvalue weighted by Gasteiger charge is -2.18. The molecule has 0 saturated heterocycles. The fraction of sp³-hybridized carbons (Fsp3) is 0.222. The van der Waals surface area contributed by atoms with Gasteiger partial charge in [0.25, 0.3) is 5.91 Å². The molecule has 120 valence electrons. The molecule has 0 aliphatic rings.